The molecule has 0 bridgehead atoms. The van der Waals surface area contributed by atoms with Gasteiger partial charge in [0.05, 0.1) is 7.05 Å². The maximum Gasteiger partial charge on any atom is 0.277 e. The van der Waals surface area contributed by atoms with Crippen molar-refractivity contribution in [2.75, 3.05) is 0 Å². The molecule has 106 valence electrons. The highest BCUT2D eigenvalue weighted by atomic mass is 16.1. The van der Waals surface area contributed by atoms with Gasteiger partial charge in [-0.2, -0.15) is 0 Å². The number of benzene rings is 2. The predicted octanol–water partition coefficient (Wildman–Crippen LogP) is 2.48. The molecule has 1 atom stereocenters. The molecule has 0 saturated carbocycles. The molecule has 1 heterocycles. The lowest BCUT2D eigenvalue weighted by Gasteiger charge is -2.10. The molecule has 4 nitrogen and oxygen atoms in total. The van der Waals surface area contributed by atoms with E-state index in [-0.39, 0.29) is 11.9 Å². The molecule has 3 aromatic rings. The fraction of sp³-hybridized carbons (Fsp3) is 0.176. The summed E-state index contributed by atoms with van der Waals surface area (Å²) in [4.78, 5) is 15.6. The Kier molecular flexibility index (Phi) is 3.44. The number of imidazole rings is 1. The van der Waals surface area contributed by atoms with E-state index in [1.54, 1.807) is 0 Å². The molecule has 1 unspecified atom stereocenters. The zero-order valence-electron chi connectivity index (χ0n) is 12.1. The van der Waals surface area contributed by atoms with Crippen LogP contribution in [-0.2, 0) is 7.05 Å². The summed E-state index contributed by atoms with van der Waals surface area (Å²) < 4.78 is 2.07. The third-order valence-electron chi connectivity index (χ3n) is 3.68. The van der Waals surface area contributed by atoms with Gasteiger partial charge in [0.25, 0.3) is 11.7 Å². The molecule has 1 aromatic heterocycles. The second-order valence-corrected chi connectivity index (χ2v) is 5.15. The van der Waals surface area contributed by atoms with Crippen LogP contribution in [0.4, 0.5) is 0 Å². The molecular formula is C17H18N3O+. The minimum absolute atomic E-state index is 0.0678. The molecule has 2 N–H and O–H groups in total. The zero-order chi connectivity index (χ0) is 14.8. The lowest BCUT2D eigenvalue weighted by atomic mass is 10.2. The van der Waals surface area contributed by atoms with Crippen molar-refractivity contribution < 1.29 is 9.36 Å². The van der Waals surface area contributed by atoms with Crippen LogP contribution in [0, 0.1) is 0 Å². The van der Waals surface area contributed by atoms with E-state index in [0.717, 1.165) is 16.9 Å². The number of hydrogen-bond acceptors (Lipinski definition) is 1. The summed E-state index contributed by atoms with van der Waals surface area (Å²) >= 11 is 0. The van der Waals surface area contributed by atoms with Crippen LogP contribution in [-0.4, -0.2) is 10.9 Å². The number of nitrogens with zero attached hydrogens (tertiary/aromatic N) is 1. The van der Waals surface area contributed by atoms with Crippen LogP contribution in [0.2, 0.25) is 0 Å². The number of aryl methyl sites for hydroxylation is 1. The number of aromatic amines is 1. The number of fused-ring (bicyclic) bond motifs is 1. The van der Waals surface area contributed by atoms with Gasteiger partial charge in [-0.1, -0.05) is 30.3 Å². The van der Waals surface area contributed by atoms with Gasteiger partial charge in [0.1, 0.15) is 6.04 Å². The second-order valence-electron chi connectivity index (χ2n) is 5.15. The number of rotatable bonds is 3. The molecule has 0 aliphatic rings. The summed E-state index contributed by atoms with van der Waals surface area (Å²) in [6, 6.07) is 17.2. The quantitative estimate of drug-likeness (QED) is 0.711. The zero-order valence-corrected chi connectivity index (χ0v) is 12.1. The summed E-state index contributed by atoms with van der Waals surface area (Å²) in [7, 11) is 2.00. The average Bonchev–Trinajstić information content (AvgIpc) is 2.86. The molecule has 0 aliphatic carbocycles. The van der Waals surface area contributed by atoms with E-state index in [9.17, 15) is 4.79 Å². The number of carbonyl (C=O) groups excluding carboxylic acids is 1. The Bertz CT molecular complexity index is 777. The van der Waals surface area contributed by atoms with Crippen LogP contribution in [0.25, 0.3) is 11.0 Å². The fourth-order valence-electron chi connectivity index (χ4n) is 2.56. The van der Waals surface area contributed by atoms with Gasteiger partial charge >= 0.3 is 0 Å². The molecule has 0 fully saturated rings. The smallest absolute Gasteiger partial charge is 0.277 e. The fourth-order valence-corrected chi connectivity index (χ4v) is 2.56. The highest BCUT2D eigenvalue weighted by Gasteiger charge is 2.22. The lowest BCUT2D eigenvalue weighted by Crippen LogP contribution is -2.38. The van der Waals surface area contributed by atoms with Crippen molar-refractivity contribution in [3.63, 3.8) is 0 Å². The average molecular weight is 280 g/mol. The highest BCUT2D eigenvalue weighted by molar-refractivity contribution is 5.94. The predicted molar refractivity (Wildman–Crippen MR) is 81.8 cm³/mol. The number of carbonyl (C=O) groups is 1. The molecule has 2 aromatic carbocycles. The van der Waals surface area contributed by atoms with E-state index >= 15 is 0 Å². The molecule has 0 spiro atoms. The number of amides is 1. The van der Waals surface area contributed by atoms with Gasteiger partial charge in [-0.25, -0.2) is 9.55 Å². The van der Waals surface area contributed by atoms with Crippen molar-refractivity contribution >= 4 is 16.9 Å². The largest absolute Gasteiger partial charge is 0.338 e. The van der Waals surface area contributed by atoms with Crippen LogP contribution in [0.15, 0.2) is 54.6 Å². The molecule has 0 saturated heterocycles. The first-order valence-electron chi connectivity index (χ1n) is 6.99. The van der Waals surface area contributed by atoms with E-state index in [1.807, 2.05) is 62.5 Å². The molecular weight excluding hydrogens is 262 g/mol. The van der Waals surface area contributed by atoms with Crippen LogP contribution < -0.4 is 9.88 Å². The van der Waals surface area contributed by atoms with E-state index in [4.69, 9.17) is 0 Å². The molecule has 1 amide bonds. The van der Waals surface area contributed by atoms with Crippen LogP contribution >= 0.6 is 0 Å². The summed E-state index contributed by atoms with van der Waals surface area (Å²) in [5.41, 5.74) is 2.85. The standard InChI is InChI=1S/C17H17N3O/c1-12(18-17(21)13-8-4-3-5-9-13)16-19-14-10-6-7-11-15(14)20(16)2/h3-12H,1-2H3,(H,18,21)/p+1. The Balaban J connectivity index is 1.86. The van der Waals surface area contributed by atoms with Gasteiger partial charge in [0, 0.05) is 5.56 Å². The first kappa shape index (κ1) is 13.4. The van der Waals surface area contributed by atoms with E-state index < -0.39 is 0 Å². The molecule has 0 aliphatic heterocycles. The van der Waals surface area contributed by atoms with Crippen molar-refractivity contribution in [1.29, 1.82) is 0 Å². The Morgan fingerprint density at radius 1 is 1.10 bits per heavy atom. The summed E-state index contributed by atoms with van der Waals surface area (Å²) in [6.45, 7) is 1.98. The third kappa shape index (κ3) is 2.52. The van der Waals surface area contributed by atoms with Crippen LogP contribution in [0.3, 0.4) is 0 Å². The molecule has 4 heteroatoms. The van der Waals surface area contributed by atoms with E-state index in [1.165, 1.54) is 0 Å². The third-order valence-corrected chi connectivity index (χ3v) is 3.68. The highest BCUT2D eigenvalue weighted by Crippen LogP contribution is 2.14. The van der Waals surface area contributed by atoms with Gasteiger partial charge in [0.2, 0.25) is 0 Å². The van der Waals surface area contributed by atoms with Crippen molar-refractivity contribution in [3.8, 4) is 0 Å². The lowest BCUT2D eigenvalue weighted by molar-refractivity contribution is -0.654. The Hall–Kier alpha value is -2.62. The normalized spacial score (nSPS) is 12.3. The van der Waals surface area contributed by atoms with Crippen molar-refractivity contribution in [1.82, 2.24) is 10.3 Å². The second kappa shape index (κ2) is 5.40. The molecule has 3 rings (SSSR count). The number of H-pyrrole nitrogens is 1. The first-order valence-corrected chi connectivity index (χ1v) is 6.99. The summed E-state index contributed by atoms with van der Waals surface area (Å²) in [5.74, 6) is 0.905. The number of para-hydroxylation sites is 2. The minimum atomic E-state index is -0.102. The Morgan fingerprint density at radius 2 is 1.76 bits per heavy atom. The topological polar surface area (TPSA) is 48.8 Å². The molecule has 0 radical (unpaired) electrons. The number of hydrogen-bond donors (Lipinski definition) is 2. The maximum absolute atomic E-state index is 12.2. The summed E-state index contributed by atoms with van der Waals surface area (Å²) in [5, 5.41) is 3.02. The van der Waals surface area contributed by atoms with Gasteiger partial charge in [-0.3, -0.25) is 4.79 Å². The van der Waals surface area contributed by atoms with Crippen molar-refractivity contribution in [3.05, 3.63) is 66.0 Å². The minimum Gasteiger partial charge on any atom is -0.338 e. The van der Waals surface area contributed by atoms with Crippen LogP contribution in [0.1, 0.15) is 29.1 Å². The van der Waals surface area contributed by atoms with Crippen molar-refractivity contribution in [2.45, 2.75) is 13.0 Å². The molecule has 21 heavy (non-hydrogen) atoms. The number of aromatic nitrogens is 2. The van der Waals surface area contributed by atoms with Crippen molar-refractivity contribution in [2.24, 2.45) is 7.05 Å². The van der Waals surface area contributed by atoms with Gasteiger partial charge in [-0.15, -0.1) is 0 Å². The first-order chi connectivity index (χ1) is 10.2. The monoisotopic (exact) mass is 280 g/mol. The van der Waals surface area contributed by atoms with Crippen LogP contribution in [0.5, 0.6) is 0 Å². The maximum atomic E-state index is 12.2. The SMILES string of the molecule is CC(NC(=O)c1ccccc1)c1[nH]c2ccccc2[n+]1C. The Labute approximate surface area is 123 Å². The van der Waals surface area contributed by atoms with Gasteiger partial charge in [0.15, 0.2) is 11.0 Å². The van der Waals surface area contributed by atoms with E-state index in [2.05, 4.69) is 20.9 Å². The Morgan fingerprint density at radius 3 is 2.48 bits per heavy atom. The summed E-state index contributed by atoms with van der Waals surface area (Å²) in [6.07, 6.45) is 0. The number of nitrogens with one attached hydrogen (secondary N) is 2. The van der Waals surface area contributed by atoms with Gasteiger partial charge in [-0.05, 0) is 31.2 Å². The van der Waals surface area contributed by atoms with E-state index in [0.29, 0.717) is 5.56 Å². The van der Waals surface area contributed by atoms with Gasteiger partial charge < -0.3 is 5.32 Å².